The molecular formula is C16H14N3O4S2-. The molecule has 0 saturated heterocycles. The number of rotatable bonds is 4. The lowest BCUT2D eigenvalue weighted by Gasteiger charge is -2.10. The fourth-order valence-corrected chi connectivity index (χ4v) is 3.45. The highest BCUT2D eigenvalue weighted by atomic mass is 32.2. The normalized spacial score (nSPS) is 11.4. The molecule has 0 saturated carbocycles. The van der Waals surface area contributed by atoms with Crippen LogP contribution in [-0.2, 0) is 10.1 Å². The number of thiazole rings is 1. The van der Waals surface area contributed by atoms with Crippen molar-refractivity contribution >= 4 is 43.4 Å². The maximum Gasteiger partial charge on any atom is 0.320 e. The van der Waals surface area contributed by atoms with Crippen LogP contribution in [0.2, 0.25) is 0 Å². The van der Waals surface area contributed by atoms with Crippen LogP contribution >= 0.6 is 11.3 Å². The topological polar surface area (TPSA) is 111 Å². The number of benzene rings is 2. The lowest BCUT2D eigenvalue weighted by Crippen LogP contribution is -2.33. The van der Waals surface area contributed by atoms with Crippen LogP contribution in [0.3, 0.4) is 0 Å². The molecule has 0 aliphatic heterocycles. The maximum absolute atomic E-state index is 11.5. The number of aromatic nitrogens is 1. The number of hydrogen-bond donors (Lipinski definition) is 2. The predicted molar refractivity (Wildman–Crippen MR) is 96.5 cm³/mol. The monoisotopic (exact) mass is 376 g/mol. The largest absolute Gasteiger partial charge is 0.747 e. The van der Waals surface area contributed by atoms with Gasteiger partial charge in [-0.15, -0.1) is 11.3 Å². The summed E-state index contributed by atoms with van der Waals surface area (Å²) in [6, 6.07) is 12.3. The van der Waals surface area contributed by atoms with Gasteiger partial charge in [-0.3, -0.25) is 0 Å². The molecule has 2 aromatic carbocycles. The first kappa shape index (κ1) is 17.3. The third-order valence-corrected chi connectivity index (χ3v) is 4.93. The van der Waals surface area contributed by atoms with Crippen molar-refractivity contribution in [3.05, 3.63) is 48.0 Å². The van der Waals surface area contributed by atoms with Crippen molar-refractivity contribution in [1.82, 2.24) is 10.3 Å². The highest BCUT2D eigenvalue weighted by Crippen LogP contribution is 2.31. The second-order valence-electron chi connectivity index (χ2n) is 5.40. The first-order chi connectivity index (χ1) is 11.8. The third-order valence-electron chi connectivity index (χ3n) is 3.34. The van der Waals surface area contributed by atoms with E-state index in [4.69, 9.17) is 0 Å². The molecule has 0 bridgehead atoms. The van der Waals surface area contributed by atoms with Crippen LogP contribution in [0.15, 0.2) is 42.5 Å². The van der Waals surface area contributed by atoms with Crippen LogP contribution in [0.25, 0.3) is 20.8 Å². The van der Waals surface area contributed by atoms with E-state index in [-0.39, 0.29) is 0 Å². The van der Waals surface area contributed by atoms with Crippen molar-refractivity contribution in [2.45, 2.75) is 6.92 Å². The van der Waals surface area contributed by atoms with E-state index >= 15 is 0 Å². The Morgan fingerprint density at radius 1 is 1.20 bits per heavy atom. The number of aryl methyl sites for hydroxylation is 1. The zero-order valence-electron chi connectivity index (χ0n) is 13.1. The minimum Gasteiger partial charge on any atom is -0.747 e. The Labute approximate surface area is 148 Å². The Morgan fingerprint density at radius 3 is 2.60 bits per heavy atom. The van der Waals surface area contributed by atoms with Gasteiger partial charge in [0.15, 0.2) is 0 Å². The Morgan fingerprint density at radius 2 is 1.92 bits per heavy atom. The molecule has 1 aromatic heterocycles. The van der Waals surface area contributed by atoms with Crippen LogP contribution in [0.1, 0.15) is 5.56 Å². The van der Waals surface area contributed by atoms with Gasteiger partial charge in [0, 0.05) is 11.3 Å². The van der Waals surface area contributed by atoms with Crippen LogP contribution < -0.4 is 10.6 Å². The molecule has 0 unspecified atom stereocenters. The van der Waals surface area contributed by atoms with Gasteiger partial charge < -0.3 is 15.2 Å². The molecule has 25 heavy (non-hydrogen) atoms. The molecule has 2 amide bonds. The van der Waals surface area contributed by atoms with E-state index in [1.807, 2.05) is 42.6 Å². The van der Waals surface area contributed by atoms with Crippen molar-refractivity contribution in [2.75, 3.05) is 11.2 Å². The summed E-state index contributed by atoms with van der Waals surface area (Å²) in [5, 5.41) is 5.31. The number of amides is 2. The highest BCUT2D eigenvalue weighted by molar-refractivity contribution is 7.85. The van der Waals surface area contributed by atoms with E-state index in [1.165, 1.54) is 0 Å². The van der Waals surface area contributed by atoms with E-state index in [9.17, 15) is 17.8 Å². The molecule has 2 N–H and O–H groups in total. The van der Waals surface area contributed by atoms with Crippen LogP contribution in [0, 0.1) is 6.92 Å². The highest BCUT2D eigenvalue weighted by Gasteiger charge is 2.08. The molecule has 9 heteroatoms. The number of fused-ring (bicyclic) bond motifs is 1. The Kier molecular flexibility index (Phi) is 4.71. The van der Waals surface area contributed by atoms with Gasteiger partial charge >= 0.3 is 6.03 Å². The summed E-state index contributed by atoms with van der Waals surface area (Å²) < 4.78 is 32.5. The number of nitrogens with zero attached hydrogens (tertiary/aromatic N) is 1. The summed E-state index contributed by atoms with van der Waals surface area (Å²) in [5.41, 5.74) is 3.48. The van der Waals surface area contributed by atoms with Crippen molar-refractivity contribution in [3.63, 3.8) is 0 Å². The minimum absolute atomic E-state index is 0.474. The molecular weight excluding hydrogens is 362 g/mol. The number of anilines is 1. The lowest BCUT2D eigenvalue weighted by molar-refractivity contribution is 0.253. The van der Waals surface area contributed by atoms with E-state index in [2.05, 4.69) is 10.3 Å². The first-order valence-electron chi connectivity index (χ1n) is 7.26. The van der Waals surface area contributed by atoms with Crippen LogP contribution in [0.5, 0.6) is 0 Å². The summed E-state index contributed by atoms with van der Waals surface area (Å²) >= 11 is 1.58. The predicted octanol–water partition coefficient (Wildman–Crippen LogP) is 2.90. The van der Waals surface area contributed by atoms with Gasteiger partial charge in [0.25, 0.3) is 0 Å². The Hall–Kier alpha value is -2.49. The summed E-state index contributed by atoms with van der Waals surface area (Å²) in [6.07, 6.45) is 0. The van der Waals surface area contributed by atoms with Crippen LogP contribution in [-0.4, -0.2) is 29.9 Å². The first-order valence-corrected chi connectivity index (χ1v) is 9.66. The van der Waals surface area contributed by atoms with Crippen molar-refractivity contribution in [2.24, 2.45) is 0 Å². The summed E-state index contributed by atoms with van der Waals surface area (Å²) in [4.78, 5) is 16.1. The molecule has 0 fully saturated rings. The SMILES string of the molecule is Cc1ccc2sc(-c3ccc(NC(=O)NCS(=O)(=O)[O-])cc3)nc2c1. The second-order valence-corrected chi connectivity index (χ2v) is 7.84. The van der Waals surface area contributed by atoms with Gasteiger partial charge in [-0.1, -0.05) is 6.07 Å². The average Bonchev–Trinajstić information content (AvgIpc) is 2.96. The summed E-state index contributed by atoms with van der Waals surface area (Å²) in [6.45, 7) is 2.02. The van der Waals surface area contributed by atoms with Gasteiger partial charge in [0.1, 0.15) is 21.0 Å². The fraction of sp³-hybridized carbons (Fsp3) is 0.125. The van der Waals surface area contributed by atoms with E-state index in [0.29, 0.717) is 5.69 Å². The summed E-state index contributed by atoms with van der Waals surface area (Å²) in [7, 11) is -4.50. The molecule has 0 atom stereocenters. The van der Waals surface area contributed by atoms with Crippen LogP contribution in [0.4, 0.5) is 10.5 Å². The third kappa shape index (κ3) is 4.53. The molecule has 3 aromatic rings. The summed E-state index contributed by atoms with van der Waals surface area (Å²) in [5.74, 6) is -0.956. The van der Waals surface area contributed by atoms with Gasteiger partial charge in [0.05, 0.1) is 10.2 Å². The van der Waals surface area contributed by atoms with Gasteiger partial charge in [-0.2, -0.15) is 0 Å². The molecule has 3 rings (SSSR count). The number of urea groups is 1. The molecule has 7 nitrogen and oxygen atoms in total. The zero-order chi connectivity index (χ0) is 18.0. The minimum atomic E-state index is -4.50. The number of carbonyl (C=O) groups is 1. The number of hydrogen-bond acceptors (Lipinski definition) is 6. The Bertz CT molecular complexity index is 1030. The average molecular weight is 376 g/mol. The molecule has 0 spiro atoms. The molecule has 1 heterocycles. The van der Waals surface area contributed by atoms with Gasteiger partial charge in [0.2, 0.25) is 0 Å². The molecule has 0 aliphatic carbocycles. The lowest BCUT2D eigenvalue weighted by atomic mass is 10.2. The Balaban J connectivity index is 1.72. The molecule has 0 radical (unpaired) electrons. The smallest absolute Gasteiger partial charge is 0.320 e. The molecule has 130 valence electrons. The zero-order valence-corrected chi connectivity index (χ0v) is 14.8. The van der Waals surface area contributed by atoms with Gasteiger partial charge in [-0.05, 0) is 48.9 Å². The van der Waals surface area contributed by atoms with Crippen molar-refractivity contribution in [3.8, 4) is 10.6 Å². The van der Waals surface area contributed by atoms with E-state index in [0.717, 1.165) is 26.4 Å². The van der Waals surface area contributed by atoms with E-state index < -0.39 is 22.0 Å². The van der Waals surface area contributed by atoms with E-state index in [1.54, 1.807) is 23.5 Å². The second kappa shape index (κ2) is 6.79. The molecule has 0 aliphatic rings. The van der Waals surface area contributed by atoms with Crippen molar-refractivity contribution < 1.29 is 17.8 Å². The quantitative estimate of drug-likeness (QED) is 0.680. The van der Waals surface area contributed by atoms with Gasteiger partial charge in [-0.25, -0.2) is 18.2 Å². The number of nitrogens with one attached hydrogen (secondary N) is 2. The fourth-order valence-electron chi connectivity index (χ4n) is 2.19. The number of carbonyl (C=O) groups excluding carboxylic acids is 1. The maximum atomic E-state index is 11.5. The van der Waals surface area contributed by atoms with Crippen molar-refractivity contribution in [1.29, 1.82) is 0 Å². The standard InChI is InChI=1S/C16H15N3O4S2/c1-10-2-7-14-13(8-10)19-15(24-14)11-3-5-12(6-4-11)18-16(20)17-9-25(21,22)23/h2-8H,9H2,1H3,(H2,17,18,20)(H,21,22,23)/p-1.